The van der Waals surface area contributed by atoms with E-state index in [1.807, 2.05) is 0 Å². The fraction of sp³-hybridized carbons (Fsp3) is 0.250. The van der Waals surface area contributed by atoms with Crippen molar-refractivity contribution < 1.29 is 32.6 Å². The van der Waals surface area contributed by atoms with Crippen LogP contribution in [0.25, 0.3) is 0 Å². The zero-order valence-electron chi connectivity index (χ0n) is 15.6. The summed E-state index contributed by atoms with van der Waals surface area (Å²) in [6.45, 7) is -2.34. The maximum Gasteiger partial charge on any atom is 0.387 e. The Labute approximate surface area is 166 Å². The Morgan fingerprint density at radius 3 is 2.31 bits per heavy atom. The molecule has 0 saturated heterocycles. The molecule has 0 bridgehead atoms. The average molecular weight is 406 g/mol. The molecule has 2 aromatic carbocycles. The van der Waals surface area contributed by atoms with E-state index >= 15 is 0 Å². The van der Waals surface area contributed by atoms with Crippen molar-refractivity contribution in [2.45, 2.75) is 26.0 Å². The maximum atomic E-state index is 12.4. The lowest BCUT2D eigenvalue weighted by Gasteiger charge is -2.17. The Bertz CT molecular complexity index is 846. The van der Waals surface area contributed by atoms with Crippen LogP contribution < -0.4 is 15.4 Å². The number of alkyl halides is 2. The standard InChI is InChI=1S/C20H20F2N2O5/c1-13(25)23-16(14-7-3-2-4-8-14)11-19(27)28-12-18(26)24-15-9-5-6-10-17(15)29-20(21)22/h2-10,16,20H,11-12H2,1H3,(H,23,25)(H,24,26)/t16-/m0/s1. The summed E-state index contributed by atoms with van der Waals surface area (Å²) in [5.74, 6) is -1.96. The lowest BCUT2D eigenvalue weighted by atomic mass is 10.0. The Kier molecular flexibility index (Phi) is 8.08. The van der Waals surface area contributed by atoms with Crippen LogP contribution >= 0.6 is 0 Å². The van der Waals surface area contributed by atoms with Crippen LogP contribution in [0.2, 0.25) is 0 Å². The Morgan fingerprint density at radius 1 is 1.00 bits per heavy atom. The third kappa shape index (κ3) is 7.57. The zero-order valence-corrected chi connectivity index (χ0v) is 15.6. The van der Waals surface area contributed by atoms with E-state index in [1.165, 1.54) is 31.2 Å². The van der Waals surface area contributed by atoms with Crippen molar-refractivity contribution in [2.24, 2.45) is 0 Å². The van der Waals surface area contributed by atoms with Crippen LogP contribution in [0.5, 0.6) is 5.75 Å². The highest BCUT2D eigenvalue weighted by atomic mass is 19.3. The van der Waals surface area contributed by atoms with Crippen LogP contribution in [0.15, 0.2) is 54.6 Å². The number of halogens is 2. The van der Waals surface area contributed by atoms with Crippen LogP contribution in [0, 0.1) is 0 Å². The molecule has 0 radical (unpaired) electrons. The van der Waals surface area contributed by atoms with Crippen molar-refractivity contribution in [3.05, 3.63) is 60.2 Å². The molecule has 0 aliphatic heterocycles. The van der Waals surface area contributed by atoms with Gasteiger partial charge in [-0.05, 0) is 17.7 Å². The molecule has 0 saturated carbocycles. The minimum Gasteiger partial charge on any atom is -0.455 e. The molecule has 2 rings (SSSR count). The number of amides is 2. The van der Waals surface area contributed by atoms with Gasteiger partial charge in [0.1, 0.15) is 5.75 Å². The van der Waals surface area contributed by atoms with Gasteiger partial charge in [0.05, 0.1) is 18.2 Å². The number of nitrogens with one attached hydrogen (secondary N) is 2. The maximum absolute atomic E-state index is 12.4. The van der Waals surface area contributed by atoms with Crippen LogP contribution in [0.4, 0.5) is 14.5 Å². The molecule has 1 atom stereocenters. The smallest absolute Gasteiger partial charge is 0.387 e. The van der Waals surface area contributed by atoms with E-state index in [-0.39, 0.29) is 23.8 Å². The second kappa shape index (κ2) is 10.7. The highest BCUT2D eigenvalue weighted by Gasteiger charge is 2.19. The number of esters is 1. The topological polar surface area (TPSA) is 93.7 Å². The summed E-state index contributed by atoms with van der Waals surface area (Å²) >= 11 is 0. The number of carbonyl (C=O) groups is 3. The normalized spacial score (nSPS) is 11.4. The van der Waals surface area contributed by atoms with Gasteiger partial charge in [-0.15, -0.1) is 0 Å². The van der Waals surface area contributed by atoms with Crippen molar-refractivity contribution in [3.63, 3.8) is 0 Å². The van der Waals surface area contributed by atoms with Crippen molar-refractivity contribution >= 4 is 23.5 Å². The molecule has 7 nitrogen and oxygen atoms in total. The van der Waals surface area contributed by atoms with Gasteiger partial charge in [0.2, 0.25) is 5.91 Å². The van der Waals surface area contributed by atoms with Gasteiger partial charge in [0.15, 0.2) is 6.61 Å². The largest absolute Gasteiger partial charge is 0.455 e. The molecule has 2 N–H and O–H groups in total. The van der Waals surface area contributed by atoms with E-state index in [1.54, 1.807) is 30.3 Å². The monoisotopic (exact) mass is 406 g/mol. The first-order chi connectivity index (χ1) is 13.8. The van der Waals surface area contributed by atoms with Crippen LogP contribution in [-0.2, 0) is 19.1 Å². The number of anilines is 1. The van der Waals surface area contributed by atoms with Gasteiger partial charge in [-0.1, -0.05) is 42.5 Å². The Morgan fingerprint density at radius 2 is 1.66 bits per heavy atom. The van der Waals surface area contributed by atoms with E-state index in [4.69, 9.17) is 4.74 Å². The summed E-state index contributed by atoms with van der Waals surface area (Å²) in [5.41, 5.74) is 0.733. The van der Waals surface area contributed by atoms with E-state index in [9.17, 15) is 23.2 Å². The van der Waals surface area contributed by atoms with Crippen molar-refractivity contribution in [2.75, 3.05) is 11.9 Å². The zero-order chi connectivity index (χ0) is 21.2. The van der Waals surface area contributed by atoms with E-state index in [0.717, 1.165) is 0 Å². The van der Waals surface area contributed by atoms with Crippen molar-refractivity contribution in [1.82, 2.24) is 5.32 Å². The number of hydrogen-bond acceptors (Lipinski definition) is 5. The molecular formula is C20H20F2N2O5. The second-order valence-corrected chi connectivity index (χ2v) is 5.95. The predicted molar refractivity (Wildman–Crippen MR) is 100 cm³/mol. The van der Waals surface area contributed by atoms with Gasteiger partial charge in [0.25, 0.3) is 5.91 Å². The molecule has 0 heterocycles. The van der Waals surface area contributed by atoms with Gasteiger partial charge < -0.3 is 20.1 Å². The Hall–Kier alpha value is -3.49. The summed E-state index contributed by atoms with van der Waals surface area (Å²) < 4.78 is 34.1. The van der Waals surface area contributed by atoms with Gasteiger partial charge in [-0.2, -0.15) is 8.78 Å². The molecule has 2 aromatic rings. The molecule has 0 aromatic heterocycles. The molecule has 0 unspecified atom stereocenters. The highest BCUT2D eigenvalue weighted by molar-refractivity contribution is 5.94. The van der Waals surface area contributed by atoms with Gasteiger partial charge in [0, 0.05) is 6.92 Å². The SMILES string of the molecule is CC(=O)N[C@@H](CC(=O)OCC(=O)Nc1ccccc1OC(F)F)c1ccccc1. The molecule has 2 amide bonds. The molecule has 9 heteroatoms. The molecular weight excluding hydrogens is 386 g/mol. The van der Waals surface area contributed by atoms with Crippen molar-refractivity contribution in [3.8, 4) is 5.75 Å². The number of hydrogen-bond donors (Lipinski definition) is 2. The Balaban J connectivity index is 1.91. The lowest BCUT2D eigenvalue weighted by molar-refractivity contribution is -0.148. The van der Waals surface area contributed by atoms with Crippen molar-refractivity contribution in [1.29, 1.82) is 0 Å². The quantitative estimate of drug-likeness (QED) is 0.625. The molecule has 154 valence electrons. The summed E-state index contributed by atoms with van der Waals surface area (Å²) in [7, 11) is 0. The first kappa shape index (κ1) is 21.8. The molecule has 0 fully saturated rings. The minimum absolute atomic E-state index is 0.0225. The van der Waals surface area contributed by atoms with Crippen LogP contribution in [0.3, 0.4) is 0 Å². The average Bonchev–Trinajstić information content (AvgIpc) is 2.67. The molecule has 0 spiro atoms. The fourth-order valence-electron chi connectivity index (χ4n) is 2.51. The summed E-state index contributed by atoms with van der Waals surface area (Å²) in [4.78, 5) is 35.5. The summed E-state index contributed by atoms with van der Waals surface area (Å²) in [5, 5.41) is 5.00. The summed E-state index contributed by atoms with van der Waals surface area (Å²) in [6.07, 6.45) is -0.179. The number of benzene rings is 2. The lowest BCUT2D eigenvalue weighted by Crippen LogP contribution is -2.29. The van der Waals surface area contributed by atoms with Gasteiger partial charge in [-0.3, -0.25) is 14.4 Å². The first-order valence-corrected chi connectivity index (χ1v) is 8.66. The first-order valence-electron chi connectivity index (χ1n) is 8.66. The third-order valence-corrected chi connectivity index (χ3v) is 3.69. The molecule has 0 aliphatic carbocycles. The predicted octanol–water partition coefficient (Wildman–Crippen LogP) is 3.04. The third-order valence-electron chi connectivity index (χ3n) is 3.69. The van der Waals surface area contributed by atoms with E-state index in [2.05, 4.69) is 15.4 Å². The number of para-hydroxylation sites is 2. The number of rotatable bonds is 9. The fourth-order valence-corrected chi connectivity index (χ4v) is 2.51. The number of carbonyl (C=O) groups excluding carboxylic acids is 3. The van der Waals surface area contributed by atoms with E-state index in [0.29, 0.717) is 5.56 Å². The summed E-state index contributed by atoms with van der Waals surface area (Å²) in [6, 6.07) is 13.9. The molecule has 29 heavy (non-hydrogen) atoms. The minimum atomic E-state index is -3.05. The van der Waals surface area contributed by atoms with Crippen LogP contribution in [-0.4, -0.2) is 31.0 Å². The van der Waals surface area contributed by atoms with E-state index < -0.39 is 31.1 Å². The van der Waals surface area contributed by atoms with Crippen LogP contribution in [0.1, 0.15) is 24.9 Å². The number of ether oxygens (including phenoxy) is 2. The molecule has 0 aliphatic rings. The second-order valence-electron chi connectivity index (χ2n) is 5.95. The van der Waals surface area contributed by atoms with Gasteiger partial charge in [-0.25, -0.2) is 0 Å². The van der Waals surface area contributed by atoms with Gasteiger partial charge >= 0.3 is 12.6 Å². The highest BCUT2D eigenvalue weighted by Crippen LogP contribution is 2.25.